The normalized spacial score (nSPS) is 18.1. The monoisotopic (exact) mass is 199 g/mol. The summed E-state index contributed by atoms with van der Waals surface area (Å²) in [5.74, 6) is -0.578. The van der Waals surface area contributed by atoms with Gasteiger partial charge in [0, 0.05) is 26.4 Å². The van der Waals surface area contributed by atoms with E-state index in [0.717, 1.165) is 39.3 Å². The van der Waals surface area contributed by atoms with Gasteiger partial charge in [-0.1, -0.05) is 0 Å². The van der Waals surface area contributed by atoms with Crippen LogP contribution in [0.5, 0.6) is 0 Å². The Balaban J connectivity index is 2.08. The maximum absolute atomic E-state index is 11.0. The fraction of sp³-hybridized carbons (Fsp3) is 0.800. The van der Waals surface area contributed by atoms with E-state index in [4.69, 9.17) is 4.74 Å². The molecule has 0 N–H and O–H groups in total. The van der Waals surface area contributed by atoms with Crippen molar-refractivity contribution in [2.45, 2.75) is 19.8 Å². The van der Waals surface area contributed by atoms with Gasteiger partial charge in [0.2, 0.25) is 0 Å². The molecule has 1 rings (SSSR count). The maximum atomic E-state index is 11.0. The van der Waals surface area contributed by atoms with Crippen LogP contribution in [0.3, 0.4) is 0 Å². The Labute approximate surface area is 84.2 Å². The van der Waals surface area contributed by atoms with Crippen molar-refractivity contribution in [1.82, 2.24) is 4.90 Å². The molecule has 0 spiro atoms. The zero-order valence-electron chi connectivity index (χ0n) is 8.62. The van der Waals surface area contributed by atoms with Crippen molar-refractivity contribution in [3.63, 3.8) is 0 Å². The van der Waals surface area contributed by atoms with Crippen LogP contribution in [0, 0.1) is 0 Å². The molecule has 1 aliphatic rings. The van der Waals surface area contributed by atoms with E-state index >= 15 is 0 Å². The Hall–Kier alpha value is -0.740. The van der Waals surface area contributed by atoms with Crippen LogP contribution in [0.25, 0.3) is 0 Å². The molecule has 0 aromatic heterocycles. The Morgan fingerprint density at radius 3 is 2.50 bits per heavy atom. The number of nitrogens with zero attached hydrogens (tertiary/aromatic N) is 1. The van der Waals surface area contributed by atoms with Crippen LogP contribution in [0.1, 0.15) is 19.8 Å². The molecule has 0 aromatic rings. The topological polar surface area (TPSA) is 46.6 Å². The largest absolute Gasteiger partial charge is 0.379 e. The van der Waals surface area contributed by atoms with Gasteiger partial charge in [-0.15, -0.1) is 0 Å². The van der Waals surface area contributed by atoms with Crippen LogP contribution < -0.4 is 0 Å². The number of ether oxygens (including phenoxy) is 1. The van der Waals surface area contributed by atoms with Gasteiger partial charge >= 0.3 is 0 Å². The Bertz CT molecular complexity index is 209. The van der Waals surface area contributed by atoms with Crippen LogP contribution in [-0.4, -0.2) is 49.3 Å². The van der Waals surface area contributed by atoms with Crippen molar-refractivity contribution in [3.05, 3.63) is 0 Å². The Kier molecular flexibility index (Phi) is 4.76. The zero-order chi connectivity index (χ0) is 10.4. The van der Waals surface area contributed by atoms with Crippen LogP contribution in [0.15, 0.2) is 0 Å². The van der Waals surface area contributed by atoms with E-state index in [1.807, 2.05) is 0 Å². The zero-order valence-corrected chi connectivity index (χ0v) is 8.62. The summed E-state index contributed by atoms with van der Waals surface area (Å²) in [6.07, 6.45) is 1.16. The number of Topliss-reactive ketones (excluding diaryl/α,β-unsaturated/α-hetero) is 2. The van der Waals surface area contributed by atoms with Crippen LogP contribution in [0.4, 0.5) is 0 Å². The predicted octanol–water partition coefficient (Wildman–Crippen LogP) is 0.257. The second-order valence-corrected chi connectivity index (χ2v) is 3.54. The fourth-order valence-electron chi connectivity index (χ4n) is 1.46. The lowest BCUT2D eigenvalue weighted by Crippen LogP contribution is -2.37. The summed E-state index contributed by atoms with van der Waals surface area (Å²) in [4.78, 5) is 23.9. The summed E-state index contributed by atoms with van der Waals surface area (Å²) in [6, 6.07) is 0. The van der Waals surface area contributed by atoms with Crippen molar-refractivity contribution in [3.8, 4) is 0 Å². The van der Waals surface area contributed by atoms with E-state index in [1.54, 1.807) is 0 Å². The molecule has 4 nitrogen and oxygen atoms in total. The third-order valence-corrected chi connectivity index (χ3v) is 2.37. The highest BCUT2D eigenvalue weighted by Gasteiger charge is 2.11. The Morgan fingerprint density at radius 2 is 1.93 bits per heavy atom. The van der Waals surface area contributed by atoms with E-state index in [-0.39, 0.29) is 11.6 Å². The van der Waals surface area contributed by atoms with Crippen LogP contribution in [0.2, 0.25) is 0 Å². The van der Waals surface area contributed by atoms with E-state index < -0.39 is 0 Å². The van der Waals surface area contributed by atoms with Gasteiger partial charge in [0.1, 0.15) is 0 Å². The molecule has 0 radical (unpaired) electrons. The maximum Gasteiger partial charge on any atom is 0.198 e. The average Bonchev–Trinajstić information content (AvgIpc) is 2.19. The lowest BCUT2D eigenvalue weighted by atomic mass is 10.1. The first-order valence-electron chi connectivity index (χ1n) is 5.04. The molecule has 0 saturated carbocycles. The van der Waals surface area contributed by atoms with Crippen molar-refractivity contribution < 1.29 is 14.3 Å². The van der Waals surface area contributed by atoms with Crippen molar-refractivity contribution in [2.75, 3.05) is 32.8 Å². The van der Waals surface area contributed by atoms with Gasteiger partial charge in [-0.25, -0.2) is 0 Å². The van der Waals surface area contributed by atoms with E-state index in [1.165, 1.54) is 6.92 Å². The fourth-order valence-corrected chi connectivity index (χ4v) is 1.46. The smallest absolute Gasteiger partial charge is 0.198 e. The molecule has 0 aromatic carbocycles. The minimum atomic E-state index is -0.327. The van der Waals surface area contributed by atoms with Gasteiger partial charge in [0.05, 0.1) is 13.2 Å². The summed E-state index contributed by atoms with van der Waals surface area (Å²) >= 11 is 0. The molecule has 0 unspecified atom stereocenters. The molecule has 0 aliphatic carbocycles. The highest BCUT2D eigenvalue weighted by molar-refractivity contribution is 6.36. The number of hydrogen-bond donors (Lipinski definition) is 0. The van der Waals surface area contributed by atoms with Crippen molar-refractivity contribution in [1.29, 1.82) is 0 Å². The van der Waals surface area contributed by atoms with Crippen molar-refractivity contribution in [2.24, 2.45) is 0 Å². The van der Waals surface area contributed by atoms with Crippen molar-refractivity contribution >= 4 is 11.6 Å². The van der Waals surface area contributed by atoms with Gasteiger partial charge in [-0.2, -0.15) is 0 Å². The van der Waals surface area contributed by atoms with Gasteiger partial charge in [0.15, 0.2) is 11.6 Å². The van der Waals surface area contributed by atoms with Gasteiger partial charge in [0.25, 0.3) is 0 Å². The minimum Gasteiger partial charge on any atom is -0.379 e. The second kappa shape index (κ2) is 5.88. The summed E-state index contributed by atoms with van der Waals surface area (Å²) in [6.45, 7) is 5.66. The summed E-state index contributed by atoms with van der Waals surface area (Å²) in [5, 5.41) is 0. The number of morpholine rings is 1. The lowest BCUT2D eigenvalue weighted by molar-refractivity contribution is -0.135. The molecule has 1 aliphatic heterocycles. The van der Waals surface area contributed by atoms with E-state index in [0.29, 0.717) is 6.42 Å². The highest BCUT2D eigenvalue weighted by atomic mass is 16.5. The number of carbonyl (C=O) groups excluding carboxylic acids is 2. The summed E-state index contributed by atoms with van der Waals surface area (Å²) in [7, 11) is 0. The molecule has 4 heteroatoms. The molecule has 0 bridgehead atoms. The molecule has 0 amide bonds. The first-order chi connectivity index (χ1) is 6.70. The summed E-state index contributed by atoms with van der Waals surface area (Å²) in [5.41, 5.74) is 0. The Morgan fingerprint density at radius 1 is 1.29 bits per heavy atom. The molecule has 1 heterocycles. The first kappa shape index (κ1) is 11.3. The minimum absolute atomic E-state index is 0.252. The molecule has 1 saturated heterocycles. The van der Waals surface area contributed by atoms with Gasteiger partial charge < -0.3 is 4.74 Å². The third-order valence-electron chi connectivity index (χ3n) is 2.37. The summed E-state index contributed by atoms with van der Waals surface area (Å²) < 4.78 is 5.20. The SMILES string of the molecule is CC(=O)C(=O)CCCN1CCOCC1. The lowest BCUT2D eigenvalue weighted by Gasteiger charge is -2.26. The molecule has 14 heavy (non-hydrogen) atoms. The molecule has 0 atom stereocenters. The highest BCUT2D eigenvalue weighted by Crippen LogP contribution is 2.00. The molecule has 80 valence electrons. The van der Waals surface area contributed by atoms with E-state index in [2.05, 4.69) is 4.90 Å². The predicted molar refractivity (Wildman–Crippen MR) is 52.2 cm³/mol. The number of ketones is 2. The number of hydrogen-bond acceptors (Lipinski definition) is 4. The molecular formula is C10H17NO3. The number of rotatable bonds is 5. The van der Waals surface area contributed by atoms with Gasteiger partial charge in [-0.3, -0.25) is 14.5 Å². The molecule has 1 fully saturated rings. The third kappa shape index (κ3) is 3.98. The van der Waals surface area contributed by atoms with Crippen LogP contribution in [-0.2, 0) is 14.3 Å². The second-order valence-electron chi connectivity index (χ2n) is 3.54. The van der Waals surface area contributed by atoms with E-state index in [9.17, 15) is 9.59 Å². The first-order valence-corrected chi connectivity index (χ1v) is 5.04. The molecular weight excluding hydrogens is 182 g/mol. The van der Waals surface area contributed by atoms with Crippen LogP contribution >= 0.6 is 0 Å². The van der Waals surface area contributed by atoms with Gasteiger partial charge in [-0.05, 0) is 13.0 Å². The number of carbonyl (C=O) groups is 2. The average molecular weight is 199 g/mol. The quantitative estimate of drug-likeness (QED) is 0.596. The standard InChI is InChI=1S/C10H17NO3/c1-9(12)10(13)3-2-4-11-5-7-14-8-6-11/h2-8H2,1H3.